The Labute approximate surface area is 125 Å². The highest BCUT2D eigenvalue weighted by atomic mass is 16.3. The molecule has 1 amide bonds. The first-order chi connectivity index (χ1) is 10.1. The second kappa shape index (κ2) is 5.76. The minimum absolute atomic E-state index is 0.0981. The third kappa shape index (κ3) is 3.02. The zero-order valence-corrected chi connectivity index (χ0v) is 12.6. The fourth-order valence-electron chi connectivity index (χ4n) is 3.10. The summed E-state index contributed by atoms with van der Waals surface area (Å²) in [6, 6.07) is 12.3. The lowest BCUT2D eigenvalue weighted by molar-refractivity contribution is -0.135. The van der Waals surface area contributed by atoms with Crippen LogP contribution in [0.2, 0.25) is 0 Å². The Morgan fingerprint density at radius 2 is 2.00 bits per heavy atom. The molecule has 2 aromatic rings. The van der Waals surface area contributed by atoms with Gasteiger partial charge in [0, 0.05) is 13.0 Å². The quantitative estimate of drug-likeness (QED) is 0.865. The number of hydrogen-bond donors (Lipinski definition) is 0. The summed E-state index contributed by atoms with van der Waals surface area (Å²) in [5.74, 6) is 2.05. The molecule has 0 saturated heterocycles. The SMILES string of the molecule is Cc1ccc(CN(C)C(=O)[C@H]2CCc3ccccc3C2)o1. The molecule has 1 aliphatic carbocycles. The van der Waals surface area contributed by atoms with Crippen LogP contribution < -0.4 is 0 Å². The second-order valence-corrected chi connectivity index (χ2v) is 5.92. The lowest BCUT2D eigenvalue weighted by Crippen LogP contribution is -2.35. The molecule has 1 atom stereocenters. The van der Waals surface area contributed by atoms with E-state index in [1.165, 1.54) is 11.1 Å². The van der Waals surface area contributed by atoms with Crippen LogP contribution in [0.4, 0.5) is 0 Å². The van der Waals surface area contributed by atoms with Crippen LogP contribution in [0.15, 0.2) is 40.8 Å². The van der Waals surface area contributed by atoms with Gasteiger partial charge in [0.25, 0.3) is 0 Å². The van der Waals surface area contributed by atoms with Crippen LogP contribution in [0.3, 0.4) is 0 Å². The molecule has 0 fully saturated rings. The van der Waals surface area contributed by atoms with Crippen molar-refractivity contribution in [3.63, 3.8) is 0 Å². The van der Waals surface area contributed by atoms with Gasteiger partial charge in [0.15, 0.2) is 0 Å². The van der Waals surface area contributed by atoms with Crippen molar-refractivity contribution in [1.29, 1.82) is 0 Å². The van der Waals surface area contributed by atoms with E-state index < -0.39 is 0 Å². The number of carbonyl (C=O) groups excluding carboxylic acids is 1. The van der Waals surface area contributed by atoms with E-state index in [2.05, 4.69) is 24.3 Å². The van der Waals surface area contributed by atoms with Gasteiger partial charge in [-0.05, 0) is 49.4 Å². The zero-order valence-electron chi connectivity index (χ0n) is 12.6. The van der Waals surface area contributed by atoms with Crippen molar-refractivity contribution < 1.29 is 9.21 Å². The first-order valence-electron chi connectivity index (χ1n) is 7.50. The summed E-state index contributed by atoms with van der Waals surface area (Å²) in [5, 5.41) is 0. The van der Waals surface area contributed by atoms with Crippen molar-refractivity contribution in [2.75, 3.05) is 7.05 Å². The largest absolute Gasteiger partial charge is 0.464 e. The highest BCUT2D eigenvalue weighted by Gasteiger charge is 2.27. The third-order valence-corrected chi connectivity index (χ3v) is 4.26. The molecule has 1 aliphatic rings. The molecule has 0 bridgehead atoms. The topological polar surface area (TPSA) is 33.5 Å². The van der Waals surface area contributed by atoms with Gasteiger partial charge in [0.2, 0.25) is 5.91 Å². The molecule has 1 heterocycles. The van der Waals surface area contributed by atoms with Gasteiger partial charge in [-0.15, -0.1) is 0 Å². The smallest absolute Gasteiger partial charge is 0.226 e. The maximum absolute atomic E-state index is 12.6. The van der Waals surface area contributed by atoms with Crippen molar-refractivity contribution in [2.45, 2.75) is 32.7 Å². The average molecular weight is 283 g/mol. The van der Waals surface area contributed by atoms with Gasteiger partial charge in [-0.3, -0.25) is 4.79 Å². The van der Waals surface area contributed by atoms with Gasteiger partial charge in [-0.1, -0.05) is 24.3 Å². The Morgan fingerprint density at radius 1 is 1.24 bits per heavy atom. The monoisotopic (exact) mass is 283 g/mol. The first kappa shape index (κ1) is 13.9. The molecule has 3 heteroatoms. The van der Waals surface area contributed by atoms with Gasteiger partial charge in [0.1, 0.15) is 11.5 Å². The molecule has 0 unspecified atom stereocenters. The first-order valence-corrected chi connectivity index (χ1v) is 7.50. The molecule has 1 aromatic carbocycles. The number of benzene rings is 1. The molecule has 110 valence electrons. The van der Waals surface area contributed by atoms with E-state index in [-0.39, 0.29) is 11.8 Å². The molecular formula is C18H21NO2. The Kier molecular flexibility index (Phi) is 3.82. The number of carbonyl (C=O) groups is 1. The molecule has 3 rings (SSSR count). The number of fused-ring (bicyclic) bond motifs is 1. The third-order valence-electron chi connectivity index (χ3n) is 4.26. The zero-order chi connectivity index (χ0) is 14.8. The highest BCUT2D eigenvalue weighted by Crippen LogP contribution is 2.26. The van der Waals surface area contributed by atoms with Gasteiger partial charge in [-0.25, -0.2) is 0 Å². The van der Waals surface area contributed by atoms with Crippen LogP contribution in [0.5, 0.6) is 0 Å². The molecule has 0 saturated carbocycles. The Hall–Kier alpha value is -2.03. The molecule has 0 spiro atoms. The Morgan fingerprint density at radius 3 is 2.71 bits per heavy atom. The standard InChI is InChI=1S/C18H21NO2/c1-13-7-10-17(21-13)12-19(2)18(20)16-9-8-14-5-3-4-6-15(14)11-16/h3-7,10,16H,8-9,11-12H2,1-2H3/t16-/m0/s1. The summed E-state index contributed by atoms with van der Waals surface area (Å²) in [5.41, 5.74) is 2.72. The predicted molar refractivity (Wildman–Crippen MR) is 81.9 cm³/mol. The highest BCUT2D eigenvalue weighted by molar-refractivity contribution is 5.79. The minimum Gasteiger partial charge on any atom is -0.464 e. The van der Waals surface area contributed by atoms with E-state index in [4.69, 9.17) is 4.42 Å². The van der Waals surface area contributed by atoms with E-state index in [0.717, 1.165) is 30.8 Å². The Balaban J connectivity index is 1.66. The number of amides is 1. The van der Waals surface area contributed by atoms with E-state index in [0.29, 0.717) is 6.54 Å². The fourth-order valence-corrected chi connectivity index (χ4v) is 3.10. The van der Waals surface area contributed by atoms with E-state index >= 15 is 0 Å². The molecule has 1 aromatic heterocycles. The fraction of sp³-hybridized carbons (Fsp3) is 0.389. The summed E-state index contributed by atoms with van der Waals surface area (Å²) in [4.78, 5) is 14.4. The molecule has 0 N–H and O–H groups in total. The number of rotatable bonds is 3. The van der Waals surface area contributed by atoms with Gasteiger partial charge < -0.3 is 9.32 Å². The number of hydrogen-bond acceptors (Lipinski definition) is 2. The van der Waals surface area contributed by atoms with Crippen LogP contribution >= 0.6 is 0 Å². The molecular weight excluding hydrogens is 262 g/mol. The summed E-state index contributed by atoms with van der Waals surface area (Å²) in [6.07, 6.45) is 2.80. The van der Waals surface area contributed by atoms with Crippen LogP contribution in [-0.4, -0.2) is 17.9 Å². The normalized spacial score (nSPS) is 17.3. The number of nitrogens with zero attached hydrogens (tertiary/aromatic N) is 1. The summed E-state index contributed by atoms with van der Waals surface area (Å²) >= 11 is 0. The van der Waals surface area contributed by atoms with Crippen LogP contribution in [0, 0.1) is 12.8 Å². The van der Waals surface area contributed by atoms with Gasteiger partial charge >= 0.3 is 0 Å². The lowest BCUT2D eigenvalue weighted by atomic mass is 9.83. The molecule has 21 heavy (non-hydrogen) atoms. The average Bonchev–Trinajstić information content (AvgIpc) is 2.91. The summed E-state index contributed by atoms with van der Waals surface area (Å²) in [6.45, 7) is 2.47. The van der Waals surface area contributed by atoms with Crippen LogP contribution in [0.25, 0.3) is 0 Å². The second-order valence-electron chi connectivity index (χ2n) is 5.92. The van der Waals surface area contributed by atoms with Crippen molar-refractivity contribution in [3.05, 3.63) is 59.0 Å². The van der Waals surface area contributed by atoms with E-state index in [1.54, 1.807) is 4.90 Å². The van der Waals surface area contributed by atoms with Gasteiger partial charge in [0.05, 0.1) is 6.54 Å². The Bertz CT molecular complexity index is 644. The van der Waals surface area contributed by atoms with Crippen molar-refractivity contribution in [1.82, 2.24) is 4.90 Å². The summed E-state index contributed by atoms with van der Waals surface area (Å²) < 4.78 is 5.55. The summed E-state index contributed by atoms with van der Waals surface area (Å²) in [7, 11) is 1.86. The van der Waals surface area contributed by atoms with Crippen molar-refractivity contribution in [2.24, 2.45) is 5.92 Å². The van der Waals surface area contributed by atoms with Crippen molar-refractivity contribution in [3.8, 4) is 0 Å². The predicted octanol–water partition coefficient (Wildman–Crippen LogP) is 3.35. The minimum atomic E-state index is 0.0981. The van der Waals surface area contributed by atoms with Crippen LogP contribution in [0.1, 0.15) is 29.1 Å². The maximum Gasteiger partial charge on any atom is 0.226 e. The lowest BCUT2D eigenvalue weighted by Gasteiger charge is -2.27. The van der Waals surface area contributed by atoms with Gasteiger partial charge in [-0.2, -0.15) is 0 Å². The van der Waals surface area contributed by atoms with E-state index in [1.807, 2.05) is 26.1 Å². The molecule has 0 radical (unpaired) electrons. The molecule has 3 nitrogen and oxygen atoms in total. The maximum atomic E-state index is 12.6. The number of aryl methyl sites for hydroxylation is 2. The number of furan rings is 1. The van der Waals surface area contributed by atoms with Crippen molar-refractivity contribution >= 4 is 5.91 Å². The molecule has 0 aliphatic heterocycles. The van der Waals surface area contributed by atoms with E-state index in [9.17, 15) is 4.79 Å². The van der Waals surface area contributed by atoms with Crippen LogP contribution in [-0.2, 0) is 24.2 Å².